The molecule has 0 saturated carbocycles. The maximum Gasteiger partial charge on any atom is 0.410 e. The highest BCUT2D eigenvalue weighted by atomic mass is 16.4. The molecule has 0 radical (unpaired) electrons. The summed E-state index contributed by atoms with van der Waals surface area (Å²) in [5.41, 5.74) is 0.983. The summed E-state index contributed by atoms with van der Waals surface area (Å²) in [6.07, 6.45) is 2.51. The Morgan fingerprint density at radius 1 is 1.67 bits per heavy atom. The van der Waals surface area contributed by atoms with E-state index in [1.807, 2.05) is 23.8 Å². The fourth-order valence-electron chi connectivity index (χ4n) is 1.54. The average Bonchev–Trinajstić information content (AvgIpc) is 2.59. The number of pyridine rings is 1. The first-order valence-corrected chi connectivity index (χ1v) is 4.65. The van der Waals surface area contributed by atoms with Gasteiger partial charge in [-0.2, -0.15) is 0 Å². The molecule has 0 spiro atoms. The Hall–Kier alpha value is -2.04. The van der Waals surface area contributed by atoms with E-state index in [1.165, 1.54) is 0 Å². The lowest BCUT2D eigenvalue weighted by Gasteiger charge is -2.03. The molecule has 15 heavy (non-hydrogen) atoms. The minimum Gasteiger partial charge on any atom is -0.465 e. The quantitative estimate of drug-likeness (QED) is 0.789. The number of rotatable bonds is 2. The molecule has 5 nitrogen and oxygen atoms in total. The first-order valence-electron chi connectivity index (χ1n) is 4.65. The highest BCUT2D eigenvalue weighted by Gasteiger charge is 2.04. The van der Waals surface area contributed by atoms with Gasteiger partial charge in [0.1, 0.15) is 5.82 Å². The SMILES string of the molecule is CCn1ccc2cnc(NC(=O)O)cc21. The van der Waals surface area contributed by atoms with Gasteiger partial charge in [0.05, 0.1) is 5.52 Å². The molecule has 0 fully saturated rings. The van der Waals surface area contributed by atoms with Gasteiger partial charge in [0.2, 0.25) is 0 Å². The van der Waals surface area contributed by atoms with Crippen molar-refractivity contribution in [3.8, 4) is 0 Å². The third kappa shape index (κ3) is 1.76. The lowest BCUT2D eigenvalue weighted by Crippen LogP contribution is -2.08. The van der Waals surface area contributed by atoms with Gasteiger partial charge in [-0.25, -0.2) is 9.78 Å². The van der Waals surface area contributed by atoms with Gasteiger partial charge in [0.25, 0.3) is 0 Å². The van der Waals surface area contributed by atoms with Crippen LogP contribution in [-0.4, -0.2) is 20.8 Å². The number of anilines is 1. The van der Waals surface area contributed by atoms with Crippen molar-refractivity contribution in [2.75, 3.05) is 5.32 Å². The average molecular weight is 205 g/mol. The highest BCUT2D eigenvalue weighted by Crippen LogP contribution is 2.17. The van der Waals surface area contributed by atoms with Gasteiger partial charge in [-0.05, 0) is 13.0 Å². The molecule has 2 aromatic rings. The number of nitrogens with zero attached hydrogens (tertiary/aromatic N) is 2. The van der Waals surface area contributed by atoms with Gasteiger partial charge in [0.15, 0.2) is 0 Å². The van der Waals surface area contributed by atoms with Gasteiger partial charge >= 0.3 is 6.09 Å². The molecule has 2 N–H and O–H groups in total. The Bertz CT molecular complexity index is 504. The molecule has 0 aliphatic carbocycles. The van der Waals surface area contributed by atoms with Crippen molar-refractivity contribution in [2.45, 2.75) is 13.5 Å². The molecule has 0 saturated heterocycles. The molecule has 2 aromatic heterocycles. The molecule has 1 amide bonds. The van der Waals surface area contributed by atoms with E-state index >= 15 is 0 Å². The molecule has 2 rings (SSSR count). The van der Waals surface area contributed by atoms with Gasteiger partial charge in [-0.1, -0.05) is 0 Å². The Balaban J connectivity index is 2.47. The largest absolute Gasteiger partial charge is 0.465 e. The minimum absolute atomic E-state index is 0.350. The van der Waals surface area contributed by atoms with Gasteiger partial charge in [-0.15, -0.1) is 0 Å². The van der Waals surface area contributed by atoms with Crippen molar-refractivity contribution >= 4 is 22.8 Å². The maximum atomic E-state index is 10.4. The normalized spacial score (nSPS) is 10.5. The van der Waals surface area contributed by atoms with E-state index < -0.39 is 6.09 Å². The summed E-state index contributed by atoms with van der Waals surface area (Å²) in [7, 11) is 0. The van der Waals surface area contributed by atoms with Crippen molar-refractivity contribution in [1.82, 2.24) is 9.55 Å². The zero-order chi connectivity index (χ0) is 10.8. The molecule has 0 aliphatic heterocycles. The molecular formula is C10H11N3O2. The van der Waals surface area contributed by atoms with Crippen molar-refractivity contribution in [1.29, 1.82) is 0 Å². The number of carboxylic acid groups (broad SMARTS) is 1. The van der Waals surface area contributed by atoms with Crippen LogP contribution < -0.4 is 5.32 Å². The first kappa shape index (κ1) is 9.51. The smallest absolute Gasteiger partial charge is 0.410 e. The van der Waals surface area contributed by atoms with Crippen LogP contribution >= 0.6 is 0 Å². The van der Waals surface area contributed by atoms with E-state index in [-0.39, 0.29) is 0 Å². The monoisotopic (exact) mass is 205 g/mol. The standard InChI is InChI=1S/C10H11N3O2/c1-2-13-4-3-7-6-11-9(5-8(7)13)12-10(14)15/h3-6H,2H2,1H3,(H,11,12)(H,14,15). The Morgan fingerprint density at radius 2 is 2.47 bits per heavy atom. The van der Waals surface area contributed by atoms with E-state index in [9.17, 15) is 4.79 Å². The molecule has 0 bridgehead atoms. The lowest BCUT2D eigenvalue weighted by atomic mass is 10.3. The second-order valence-electron chi connectivity index (χ2n) is 3.16. The van der Waals surface area contributed by atoms with Crippen LogP contribution in [0.25, 0.3) is 10.9 Å². The summed E-state index contributed by atoms with van der Waals surface area (Å²) in [5.74, 6) is 0.350. The van der Waals surface area contributed by atoms with E-state index in [0.29, 0.717) is 5.82 Å². The minimum atomic E-state index is -1.10. The van der Waals surface area contributed by atoms with Crippen molar-refractivity contribution < 1.29 is 9.90 Å². The summed E-state index contributed by atoms with van der Waals surface area (Å²) in [5, 5.41) is 11.8. The topological polar surface area (TPSA) is 67.2 Å². The van der Waals surface area contributed by atoms with Crippen LogP contribution in [0.1, 0.15) is 6.92 Å². The number of aromatic nitrogens is 2. The molecule has 0 aromatic carbocycles. The Labute approximate surface area is 86.4 Å². The number of hydrogen-bond donors (Lipinski definition) is 2. The van der Waals surface area contributed by atoms with E-state index in [0.717, 1.165) is 17.4 Å². The first-order chi connectivity index (χ1) is 7.20. The second-order valence-corrected chi connectivity index (χ2v) is 3.16. The van der Waals surface area contributed by atoms with Crippen LogP contribution in [0.4, 0.5) is 10.6 Å². The number of aryl methyl sites for hydroxylation is 1. The number of fused-ring (bicyclic) bond motifs is 1. The van der Waals surface area contributed by atoms with E-state index in [2.05, 4.69) is 10.3 Å². The Morgan fingerprint density at radius 3 is 3.13 bits per heavy atom. The predicted octanol–water partition coefficient (Wildman–Crippen LogP) is 2.15. The fourth-order valence-corrected chi connectivity index (χ4v) is 1.54. The van der Waals surface area contributed by atoms with Crippen LogP contribution in [0.5, 0.6) is 0 Å². The lowest BCUT2D eigenvalue weighted by molar-refractivity contribution is 0.209. The fraction of sp³-hybridized carbons (Fsp3) is 0.200. The zero-order valence-corrected chi connectivity index (χ0v) is 8.27. The number of carbonyl (C=O) groups is 1. The summed E-state index contributed by atoms with van der Waals surface area (Å²) < 4.78 is 2.03. The van der Waals surface area contributed by atoms with Crippen LogP contribution in [0.15, 0.2) is 24.5 Å². The van der Waals surface area contributed by atoms with Gasteiger partial charge in [-0.3, -0.25) is 5.32 Å². The number of nitrogens with one attached hydrogen (secondary N) is 1. The van der Waals surface area contributed by atoms with Crippen molar-refractivity contribution in [3.63, 3.8) is 0 Å². The molecule has 0 unspecified atom stereocenters. The zero-order valence-electron chi connectivity index (χ0n) is 8.27. The van der Waals surface area contributed by atoms with Crippen LogP contribution in [-0.2, 0) is 6.54 Å². The predicted molar refractivity (Wildman–Crippen MR) is 57.1 cm³/mol. The Kier molecular flexibility index (Phi) is 2.29. The van der Waals surface area contributed by atoms with Gasteiger partial charge in [0, 0.05) is 30.4 Å². The summed E-state index contributed by atoms with van der Waals surface area (Å²) in [6, 6.07) is 3.68. The van der Waals surface area contributed by atoms with Crippen molar-refractivity contribution in [3.05, 3.63) is 24.5 Å². The van der Waals surface area contributed by atoms with E-state index in [1.54, 1.807) is 12.3 Å². The van der Waals surface area contributed by atoms with Crippen LogP contribution in [0.3, 0.4) is 0 Å². The van der Waals surface area contributed by atoms with Gasteiger partial charge < -0.3 is 9.67 Å². The third-order valence-corrected chi connectivity index (χ3v) is 2.23. The highest BCUT2D eigenvalue weighted by molar-refractivity contribution is 5.87. The number of hydrogen-bond acceptors (Lipinski definition) is 2. The van der Waals surface area contributed by atoms with Crippen molar-refractivity contribution in [2.24, 2.45) is 0 Å². The molecular weight excluding hydrogens is 194 g/mol. The van der Waals surface area contributed by atoms with E-state index in [4.69, 9.17) is 5.11 Å². The third-order valence-electron chi connectivity index (χ3n) is 2.23. The summed E-state index contributed by atoms with van der Waals surface area (Å²) >= 11 is 0. The molecule has 0 atom stereocenters. The van der Waals surface area contributed by atoms with Crippen LogP contribution in [0, 0.1) is 0 Å². The molecule has 78 valence electrons. The second kappa shape index (κ2) is 3.61. The molecule has 5 heteroatoms. The maximum absolute atomic E-state index is 10.4. The summed E-state index contributed by atoms with van der Waals surface area (Å²) in [4.78, 5) is 14.4. The number of amides is 1. The molecule has 0 aliphatic rings. The molecule has 2 heterocycles. The van der Waals surface area contributed by atoms with Crippen LogP contribution in [0.2, 0.25) is 0 Å². The summed E-state index contributed by atoms with van der Waals surface area (Å²) in [6.45, 7) is 2.88.